The second-order valence-corrected chi connectivity index (χ2v) is 7.31. The molecule has 0 aliphatic heterocycles. The number of para-hydroxylation sites is 2. The zero-order chi connectivity index (χ0) is 20.5. The Labute approximate surface area is 167 Å². The van der Waals surface area contributed by atoms with Crippen molar-refractivity contribution in [3.8, 4) is 0 Å². The number of aliphatic carboxylic acids is 2. The number of hydrogen-bond acceptors (Lipinski definition) is 8. The number of carbonyl (C=O) groups excluding carboxylic acids is 2. The Bertz CT molecular complexity index is 967. The van der Waals surface area contributed by atoms with Crippen molar-refractivity contribution in [1.29, 1.82) is 0 Å². The smallest absolute Gasteiger partial charge is 0.330 e. The maximum absolute atomic E-state index is 9.41. The number of hydrogen-bond donors (Lipinski definition) is 2. The molecule has 0 amide bonds. The predicted molar refractivity (Wildman–Crippen MR) is 105 cm³/mol. The van der Waals surface area contributed by atoms with Crippen molar-refractivity contribution in [3.63, 3.8) is 0 Å². The Morgan fingerprint density at radius 1 is 0.750 bits per heavy atom. The first-order valence-electron chi connectivity index (χ1n) is 7.78. The third kappa shape index (κ3) is 6.67. The fourth-order valence-electron chi connectivity index (χ4n) is 2.01. The van der Waals surface area contributed by atoms with Crippen LogP contribution < -0.4 is 31.6 Å². The number of anilines is 2. The second kappa shape index (κ2) is 10.00. The van der Waals surface area contributed by atoms with Crippen LogP contribution in [-0.4, -0.2) is 11.9 Å². The number of aromatic amines is 2. The van der Waals surface area contributed by atoms with E-state index < -0.39 is 11.9 Å². The molecule has 0 saturated carbocycles. The zero-order valence-electron chi connectivity index (χ0n) is 14.4. The summed E-state index contributed by atoms with van der Waals surface area (Å²) in [5.41, 5.74) is 13.3. The Morgan fingerprint density at radius 2 is 1.11 bits per heavy atom. The lowest BCUT2D eigenvalue weighted by molar-refractivity contribution is -0.321. The summed E-state index contributed by atoms with van der Waals surface area (Å²) < 4.78 is 2.42. The number of thiazole rings is 2. The molecule has 4 aromatic rings. The van der Waals surface area contributed by atoms with E-state index in [1.807, 2.05) is 48.5 Å². The van der Waals surface area contributed by atoms with Gasteiger partial charge in [-0.1, -0.05) is 24.3 Å². The number of nitrogens with one attached hydrogen (secondary N) is 2. The molecule has 0 radical (unpaired) electrons. The fourth-order valence-corrected chi connectivity index (χ4v) is 3.55. The molecule has 10 heteroatoms. The summed E-state index contributed by atoms with van der Waals surface area (Å²) in [6.07, 6.45) is 0.769. The van der Waals surface area contributed by atoms with E-state index in [9.17, 15) is 19.8 Å². The highest BCUT2D eigenvalue weighted by Gasteiger charge is 2.02. The third-order valence-electron chi connectivity index (χ3n) is 3.09. The molecule has 0 saturated heterocycles. The quantitative estimate of drug-likeness (QED) is 0.424. The van der Waals surface area contributed by atoms with E-state index in [2.05, 4.69) is 9.97 Å². The van der Waals surface area contributed by atoms with Crippen molar-refractivity contribution in [2.45, 2.75) is 0 Å². The monoisotopic (exact) mass is 416 g/mol. The lowest BCUT2D eigenvalue weighted by Gasteiger charge is -1.90. The predicted octanol–water partition coefficient (Wildman–Crippen LogP) is -0.362. The summed E-state index contributed by atoms with van der Waals surface area (Å²) in [5.74, 6) is -3.09. The molecule has 0 atom stereocenters. The standard InChI is InChI=1S/2C7H6N2S.C4H4O4/c2*8-7-9-5-3-1-2-4-6(5)10-7;5-3(6)1-2-4(7)8/h2*1-4H,(H2,8,9);1-2H,(H,5,6)(H,7,8)/b;;2-1+. The van der Waals surface area contributed by atoms with E-state index in [0.29, 0.717) is 12.2 Å². The van der Waals surface area contributed by atoms with Gasteiger partial charge in [0.2, 0.25) is 0 Å². The topological polar surface area (TPSA) is 161 Å². The van der Waals surface area contributed by atoms with E-state index in [0.717, 1.165) is 21.3 Å². The maximum Gasteiger partial charge on any atom is 0.330 e. The zero-order valence-corrected chi connectivity index (χ0v) is 16.0. The van der Waals surface area contributed by atoms with E-state index >= 15 is 0 Å². The largest absolute Gasteiger partial charge is 0.545 e. The molecular weight excluding hydrogens is 400 g/mol. The first kappa shape index (κ1) is 20.8. The minimum absolute atomic E-state index is 0.384. The van der Waals surface area contributed by atoms with Crippen LogP contribution in [0.15, 0.2) is 60.7 Å². The molecule has 2 heterocycles. The Balaban J connectivity index is 0.000000152. The lowest BCUT2D eigenvalue weighted by atomic mass is 10.3. The molecule has 144 valence electrons. The van der Waals surface area contributed by atoms with Crippen LogP contribution in [-0.2, 0) is 9.59 Å². The van der Waals surface area contributed by atoms with Crippen LogP contribution in [0, 0.1) is 0 Å². The number of carboxylic acid groups (broad SMARTS) is 2. The molecule has 6 N–H and O–H groups in total. The van der Waals surface area contributed by atoms with Gasteiger partial charge in [-0.15, -0.1) is 0 Å². The molecule has 8 nitrogen and oxygen atoms in total. The minimum Gasteiger partial charge on any atom is -0.545 e. The van der Waals surface area contributed by atoms with Crippen molar-refractivity contribution in [2.75, 3.05) is 11.5 Å². The van der Waals surface area contributed by atoms with Crippen LogP contribution in [0.3, 0.4) is 0 Å². The number of nitrogen functional groups attached to an aromatic ring is 2. The Kier molecular flexibility index (Phi) is 7.43. The molecule has 0 unspecified atom stereocenters. The van der Waals surface area contributed by atoms with Gasteiger partial charge in [-0.3, -0.25) is 11.5 Å². The summed E-state index contributed by atoms with van der Waals surface area (Å²) in [7, 11) is 0. The number of carboxylic acids is 2. The Hall–Kier alpha value is -3.50. The normalized spacial score (nSPS) is 10.1. The first-order valence-corrected chi connectivity index (χ1v) is 9.41. The van der Waals surface area contributed by atoms with Gasteiger partial charge in [-0.05, 0) is 59.1 Å². The van der Waals surface area contributed by atoms with Crippen LogP contribution in [0.25, 0.3) is 20.4 Å². The van der Waals surface area contributed by atoms with E-state index in [-0.39, 0.29) is 0 Å². The van der Waals surface area contributed by atoms with Crippen LogP contribution >= 0.6 is 22.7 Å². The second-order valence-electron chi connectivity index (χ2n) is 5.15. The molecule has 4 rings (SSSR count). The number of carbonyl (C=O) groups is 2. The van der Waals surface area contributed by atoms with Gasteiger partial charge in [-0.2, -0.15) is 0 Å². The maximum atomic E-state index is 9.41. The van der Waals surface area contributed by atoms with Crippen LogP contribution in [0.5, 0.6) is 0 Å². The average Bonchev–Trinajstić information content (AvgIpc) is 3.21. The van der Waals surface area contributed by atoms with Crippen molar-refractivity contribution in [3.05, 3.63) is 60.7 Å². The molecule has 0 aliphatic rings. The molecule has 0 spiro atoms. The van der Waals surface area contributed by atoms with Gasteiger partial charge in [0.1, 0.15) is 11.0 Å². The van der Waals surface area contributed by atoms with Gasteiger partial charge >= 0.3 is 10.3 Å². The summed E-state index contributed by atoms with van der Waals surface area (Å²) >= 11 is 3.15. The van der Waals surface area contributed by atoms with E-state index in [1.54, 1.807) is 22.7 Å². The van der Waals surface area contributed by atoms with Gasteiger partial charge in [0.15, 0.2) is 0 Å². The molecule has 2 aromatic heterocycles. The van der Waals surface area contributed by atoms with Gasteiger partial charge < -0.3 is 19.8 Å². The highest BCUT2D eigenvalue weighted by Crippen LogP contribution is 2.19. The number of nitrogens with two attached hydrogens (primary N) is 2. The summed E-state index contributed by atoms with van der Waals surface area (Å²) in [5, 5.41) is 20.4. The third-order valence-corrected chi connectivity index (χ3v) is 4.88. The van der Waals surface area contributed by atoms with Crippen molar-refractivity contribution >= 4 is 65.3 Å². The lowest BCUT2D eigenvalue weighted by Crippen LogP contribution is -2.23. The number of rotatable bonds is 2. The van der Waals surface area contributed by atoms with Crippen LogP contribution in [0.2, 0.25) is 0 Å². The number of aromatic nitrogens is 2. The fraction of sp³-hybridized carbons (Fsp3) is 0. The van der Waals surface area contributed by atoms with Gasteiger partial charge in [0.05, 0.1) is 21.3 Å². The SMILES string of the molecule is Nc1[nH+]c2ccccc2s1.Nc1[nH+]c2ccccc2s1.O=C([O-])/C=C/C(=O)[O-]. The number of benzene rings is 2. The molecular formula is C18H16N4O4S2. The molecule has 0 fully saturated rings. The summed E-state index contributed by atoms with van der Waals surface area (Å²) in [6, 6.07) is 16.1. The Morgan fingerprint density at radius 3 is 1.43 bits per heavy atom. The highest BCUT2D eigenvalue weighted by atomic mass is 32.1. The van der Waals surface area contributed by atoms with Gasteiger partial charge in [0.25, 0.3) is 0 Å². The molecule has 0 aliphatic carbocycles. The van der Waals surface area contributed by atoms with E-state index in [4.69, 9.17) is 11.5 Å². The first-order chi connectivity index (χ1) is 13.3. The van der Waals surface area contributed by atoms with E-state index in [1.165, 1.54) is 9.40 Å². The number of fused-ring (bicyclic) bond motifs is 2. The molecule has 2 aromatic carbocycles. The summed E-state index contributed by atoms with van der Waals surface area (Å²) in [4.78, 5) is 24.9. The van der Waals surface area contributed by atoms with Gasteiger partial charge in [-0.25, -0.2) is 9.97 Å². The number of H-pyrrole nitrogens is 2. The highest BCUT2D eigenvalue weighted by molar-refractivity contribution is 7.21. The van der Waals surface area contributed by atoms with Crippen molar-refractivity contribution in [2.24, 2.45) is 0 Å². The summed E-state index contributed by atoms with van der Waals surface area (Å²) in [6.45, 7) is 0. The van der Waals surface area contributed by atoms with Crippen LogP contribution in [0.4, 0.5) is 10.3 Å². The van der Waals surface area contributed by atoms with Gasteiger partial charge in [0, 0.05) is 0 Å². The van der Waals surface area contributed by atoms with Crippen molar-refractivity contribution in [1.82, 2.24) is 0 Å². The molecule has 0 bridgehead atoms. The van der Waals surface area contributed by atoms with Crippen LogP contribution in [0.1, 0.15) is 0 Å². The van der Waals surface area contributed by atoms with Crippen molar-refractivity contribution < 1.29 is 29.8 Å². The minimum atomic E-state index is -1.55. The average molecular weight is 416 g/mol. The molecule has 28 heavy (non-hydrogen) atoms.